The average Bonchev–Trinajstić information content (AvgIpc) is 2.54. The van der Waals surface area contributed by atoms with E-state index in [-0.39, 0.29) is 5.97 Å². The van der Waals surface area contributed by atoms with E-state index in [0.29, 0.717) is 6.42 Å². The molecule has 1 aromatic carbocycles. The Bertz CT molecular complexity index is 392. The third-order valence-electron chi connectivity index (χ3n) is 4.06. The molecular weight excluding hydrogens is 288 g/mol. The summed E-state index contributed by atoms with van der Waals surface area (Å²) in [4.78, 5) is 11.8. The molecule has 0 saturated carbocycles. The van der Waals surface area contributed by atoms with Crippen molar-refractivity contribution in [3.05, 3.63) is 30.3 Å². The van der Waals surface area contributed by atoms with Crippen LogP contribution in [-0.4, -0.2) is 15.0 Å². The maximum atomic E-state index is 11.8. The molecule has 0 saturated heterocycles. The van der Waals surface area contributed by atoms with E-state index in [0.717, 1.165) is 12.8 Å². The molecule has 0 aromatic heterocycles. The lowest BCUT2D eigenvalue weighted by Gasteiger charge is -2.12. The van der Waals surface area contributed by atoms with Crippen LogP contribution < -0.4 is 5.19 Å². The number of hydrogen-bond acceptors (Lipinski definition) is 2. The van der Waals surface area contributed by atoms with Gasteiger partial charge < -0.3 is 4.43 Å². The zero-order chi connectivity index (χ0) is 16.0. The number of carbonyl (C=O) groups excluding carboxylic acids is 1. The van der Waals surface area contributed by atoms with Crippen LogP contribution in [0.25, 0.3) is 0 Å². The first kappa shape index (κ1) is 19.0. The molecule has 0 aliphatic rings. The summed E-state index contributed by atoms with van der Waals surface area (Å²) in [6, 6.07) is 10.1. The lowest BCUT2D eigenvalue weighted by atomic mass is 10.1. The molecule has 1 aromatic rings. The fourth-order valence-corrected chi connectivity index (χ4v) is 4.04. The molecule has 0 amide bonds. The molecule has 1 rings (SSSR count). The predicted molar refractivity (Wildman–Crippen MR) is 97.0 cm³/mol. The Hall–Kier alpha value is -1.09. The molecular formula is C19H32O2Si. The van der Waals surface area contributed by atoms with Gasteiger partial charge in [-0.1, -0.05) is 88.6 Å². The van der Waals surface area contributed by atoms with Crippen LogP contribution in [-0.2, 0) is 9.22 Å². The summed E-state index contributed by atoms with van der Waals surface area (Å²) in [5, 5.41) is 1.20. The Morgan fingerprint density at radius 1 is 0.909 bits per heavy atom. The SMILES string of the molecule is CCCCCCCCCCCC(=O)O[SiH](C)c1ccccc1. The van der Waals surface area contributed by atoms with Gasteiger partial charge in [-0.15, -0.1) is 0 Å². The summed E-state index contributed by atoms with van der Waals surface area (Å²) in [6.07, 6.45) is 12.1. The van der Waals surface area contributed by atoms with Gasteiger partial charge in [0.25, 0.3) is 15.0 Å². The van der Waals surface area contributed by atoms with E-state index in [1.54, 1.807) is 0 Å². The highest BCUT2D eigenvalue weighted by Gasteiger charge is 2.12. The van der Waals surface area contributed by atoms with Crippen LogP contribution in [0.3, 0.4) is 0 Å². The second kappa shape index (κ2) is 12.5. The Balaban J connectivity index is 2.00. The van der Waals surface area contributed by atoms with Crippen molar-refractivity contribution < 1.29 is 9.22 Å². The first-order valence-corrected chi connectivity index (χ1v) is 11.2. The molecule has 124 valence electrons. The number of carbonyl (C=O) groups is 1. The Morgan fingerprint density at radius 3 is 2.05 bits per heavy atom. The molecule has 0 bridgehead atoms. The summed E-state index contributed by atoms with van der Waals surface area (Å²) in [5.74, 6) is -0.00837. The van der Waals surface area contributed by atoms with Gasteiger partial charge in [0.05, 0.1) is 0 Å². The van der Waals surface area contributed by atoms with E-state index in [2.05, 4.69) is 25.6 Å². The van der Waals surface area contributed by atoms with Gasteiger partial charge in [-0.05, 0) is 18.2 Å². The van der Waals surface area contributed by atoms with Crippen molar-refractivity contribution >= 4 is 20.2 Å². The van der Waals surface area contributed by atoms with Crippen LogP contribution >= 0.6 is 0 Å². The van der Waals surface area contributed by atoms with Crippen molar-refractivity contribution in [3.63, 3.8) is 0 Å². The minimum atomic E-state index is -1.55. The smallest absolute Gasteiger partial charge is 0.292 e. The highest BCUT2D eigenvalue weighted by atomic mass is 28.3. The first-order valence-electron chi connectivity index (χ1n) is 8.98. The third-order valence-corrected chi connectivity index (χ3v) is 6.00. The van der Waals surface area contributed by atoms with Crippen molar-refractivity contribution in [2.45, 2.75) is 77.7 Å². The summed E-state index contributed by atoms with van der Waals surface area (Å²) >= 11 is 0. The topological polar surface area (TPSA) is 26.3 Å². The predicted octanol–water partition coefficient (Wildman–Crippen LogP) is 4.71. The van der Waals surface area contributed by atoms with Crippen molar-refractivity contribution in [1.82, 2.24) is 0 Å². The number of benzene rings is 1. The monoisotopic (exact) mass is 320 g/mol. The van der Waals surface area contributed by atoms with Gasteiger partial charge in [-0.25, -0.2) is 0 Å². The quantitative estimate of drug-likeness (QED) is 0.412. The zero-order valence-corrected chi connectivity index (χ0v) is 15.5. The Labute approximate surface area is 138 Å². The summed E-state index contributed by atoms with van der Waals surface area (Å²) in [7, 11) is -1.55. The largest absolute Gasteiger partial charge is 0.518 e. The Kier molecular flexibility index (Phi) is 10.7. The molecule has 2 nitrogen and oxygen atoms in total. The lowest BCUT2D eigenvalue weighted by molar-refractivity contribution is -0.134. The van der Waals surface area contributed by atoms with Gasteiger partial charge in [-0.2, -0.15) is 0 Å². The first-order chi connectivity index (χ1) is 10.7. The molecule has 0 N–H and O–H groups in total. The fraction of sp³-hybridized carbons (Fsp3) is 0.632. The molecule has 0 aliphatic heterocycles. The summed E-state index contributed by atoms with van der Waals surface area (Å²) in [5.41, 5.74) is 0. The highest BCUT2D eigenvalue weighted by Crippen LogP contribution is 2.10. The van der Waals surface area contributed by atoms with E-state index in [9.17, 15) is 4.79 Å². The van der Waals surface area contributed by atoms with E-state index < -0.39 is 9.04 Å². The van der Waals surface area contributed by atoms with Gasteiger partial charge >= 0.3 is 0 Å². The molecule has 1 atom stereocenters. The van der Waals surface area contributed by atoms with Crippen LogP contribution in [0.2, 0.25) is 6.55 Å². The van der Waals surface area contributed by atoms with Crippen LogP contribution in [0.4, 0.5) is 0 Å². The molecule has 0 radical (unpaired) electrons. The van der Waals surface area contributed by atoms with E-state index >= 15 is 0 Å². The van der Waals surface area contributed by atoms with Crippen molar-refractivity contribution in [1.29, 1.82) is 0 Å². The molecule has 3 heteroatoms. The van der Waals surface area contributed by atoms with Gasteiger partial charge in [0.1, 0.15) is 0 Å². The van der Waals surface area contributed by atoms with E-state index in [4.69, 9.17) is 4.43 Å². The highest BCUT2D eigenvalue weighted by molar-refractivity contribution is 6.67. The van der Waals surface area contributed by atoms with E-state index in [1.807, 2.05) is 18.2 Å². The standard InChI is InChI=1S/C19H32O2Si/c1-3-4-5-6-7-8-9-10-14-17-19(20)21-22(2)18-15-12-11-13-16-18/h11-13,15-16,22H,3-10,14,17H2,1-2H3. The van der Waals surface area contributed by atoms with Crippen molar-refractivity contribution in [2.24, 2.45) is 0 Å². The summed E-state index contributed by atoms with van der Waals surface area (Å²) in [6.45, 7) is 4.32. The molecule has 0 fully saturated rings. The molecule has 1 unspecified atom stereocenters. The Morgan fingerprint density at radius 2 is 1.45 bits per heavy atom. The van der Waals surface area contributed by atoms with Gasteiger partial charge in [-0.3, -0.25) is 4.79 Å². The number of rotatable bonds is 12. The van der Waals surface area contributed by atoms with Crippen LogP contribution in [0, 0.1) is 0 Å². The van der Waals surface area contributed by atoms with E-state index in [1.165, 1.54) is 50.1 Å². The number of unbranched alkanes of at least 4 members (excludes halogenated alkanes) is 8. The normalized spacial score (nSPS) is 12.1. The maximum Gasteiger partial charge on any atom is 0.292 e. The van der Waals surface area contributed by atoms with Crippen LogP contribution in [0.15, 0.2) is 30.3 Å². The molecule has 0 spiro atoms. The second-order valence-electron chi connectivity index (χ2n) is 6.12. The van der Waals surface area contributed by atoms with Crippen molar-refractivity contribution in [2.75, 3.05) is 0 Å². The third kappa shape index (κ3) is 9.03. The second-order valence-corrected chi connectivity index (χ2v) is 8.31. The summed E-state index contributed by atoms with van der Waals surface area (Å²) < 4.78 is 5.61. The molecule has 0 heterocycles. The lowest BCUT2D eigenvalue weighted by Crippen LogP contribution is -2.32. The van der Waals surface area contributed by atoms with Crippen LogP contribution in [0.1, 0.15) is 71.1 Å². The minimum Gasteiger partial charge on any atom is -0.518 e. The van der Waals surface area contributed by atoms with Gasteiger partial charge in [0.15, 0.2) is 0 Å². The van der Waals surface area contributed by atoms with Gasteiger partial charge in [0, 0.05) is 6.42 Å². The zero-order valence-electron chi connectivity index (χ0n) is 14.4. The minimum absolute atomic E-state index is 0.00837. The molecule has 0 aliphatic carbocycles. The molecule has 22 heavy (non-hydrogen) atoms. The van der Waals surface area contributed by atoms with Crippen LogP contribution in [0.5, 0.6) is 0 Å². The number of hydrogen-bond donors (Lipinski definition) is 0. The average molecular weight is 321 g/mol. The fourth-order valence-electron chi connectivity index (χ4n) is 2.63. The van der Waals surface area contributed by atoms with Crippen molar-refractivity contribution in [3.8, 4) is 0 Å². The van der Waals surface area contributed by atoms with Gasteiger partial charge in [0.2, 0.25) is 0 Å². The maximum absolute atomic E-state index is 11.8.